The van der Waals surface area contributed by atoms with Crippen LogP contribution < -0.4 is 36.1 Å². The second kappa shape index (κ2) is 33.4. The van der Waals surface area contributed by atoms with Crippen LogP contribution in [-0.2, 0) is 33.0 Å². The molecule has 0 aliphatic heterocycles. The van der Waals surface area contributed by atoms with Gasteiger partial charge < -0.3 is 52.1 Å². The molecule has 3 aliphatic carbocycles. The van der Waals surface area contributed by atoms with Gasteiger partial charge in [-0.25, -0.2) is 55.7 Å². The smallest absolute Gasteiger partial charge is 0.154 e. The second-order valence-corrected chi connectivity index (χ2v) is 30.2. The zero-order chi connectivity index (χ0) is 70.9. The summed E-state index contributed by atoms with van der Waals surface area (Å²) in [5.74, 6) is -0.0619. The highest BCUT2D eigenvalue weighted by atomic mass is 35.5. The van der Waals surface area contributed by atoms with Gasteiger partial charge >= 0.3 is 0 Å². The fourth-order valence-corrected chi connectivity index (χ4v) is 17.6. The van der Waals surface area contributed by atoms with Crippen LogP contribution in [0.15, 0.2) is 155 Å². The first-order valence-electron chi connectivity index (χ1n) is 32.5. The van der Waals surface area contributed by atoms with Gasteiger partial charge in [0.2, 0.25) is 0 Å². The highest BCUT2D eigenvalue weighted by Crippen LogP contribution is 2.44. The van der Waals surface area contributed by atoms with Crippen LogP contribution in [0.25, 0.3) is 66.5 Å². The molecule has 12 aromatic rings. The molecule has 3 aliphatic rings. The van der Waals surface area contributed by atoms with Crippen LogP contribution in [-0.4, -0.2) is 79.8 Å². The minimum absolute atomic E-state index is 0. The number of halogens is 7. The third kappa shape index (κ3) is 16.1. The van der Waals surface area contributed by atoms with Gasteiger partial charge in [-0.05, 0) is 159 Å². The van der Waals surface area contributed by atoms with E-state index in [1.54, 1.807) is 73.7 Å². The molecule has 0 amide bonds. The van der Waals surface area contributed by atoms with Crippen molar-refractivity contribution < 1.29 is 47.0 Å². The van der Waals surface area contributed by atoms with Crippen molar-refractivity contribution in [3.63, 3.8) is 0 Å². The molecular weight excluding hydrogens is 1480 g/mol. The van der Waals surface area contributed by atoms with Crippen LogP contribution in [0, 0.1) is 31.3 Å². The van der Waals surface area contributed by atoms with Crippen molar-refractivity contribution in [2.24, 2.45) is 0 Å². The van der Waals surface area contributed by atoms with Gasteiger partial charge in [-0.3, -0.25) is 14.2 Å². The Hall–Kier alpha value is -8.94. The lowest BCUT2D eigenvalue weighted by atomic mass is 10.1. The van der Waals surface area contributed by atoms with Gasteiger partial charge in [-0.1, -0.05) is 109 Å². The van der Waals surface area contributed by atoms with Gasteiger partial charge in [0.1, 0.15) is 81.5 Å². The highest BCUT2D eigenvalue weighted by Gasteiger charge is 2.28. The lowest BCUT2D eigenvalue weighted by Crippen LogP contribution is -2.08. The number of rotatable bonds is 16. The van der Waals surface area contributed by atoms with Crippen LogP contribution in [0.1, 0.15) is 106 Å². The van der Waals surface area contributed by atoms with Gasteiger partial charge in [0.15, 0.2) is 33.0 Å². The zero-order valence-electron chi connectivity index (χ0n) is 56.3. The van der Waals surface area contributed by atoms with Crippen molar-refractivity contribution in [3.05, 3.63) is 189 Å². The molecule has 3 saturated carbocycles. The lowest BCUT2D eigenvalue weighted by molar-refractivity contribution is 0.403. The maximum atomic E-state index is 15.2. The summed E-state index contributed by atoms with van der Waals surface area (Å²) >= 11 is 24.3. The Kier molecular flexibility index (Phi) is 25.0. The molecule has 0 bridgehead atoms. The summed E-state index contributed by atoms with van der Waals surface area (Å²) in [5.41, 5.74) is 27.2. The number of methoxy groups -OCH3 is 1. The summed E-state index contributed by atoms with van der Waals surface area (Å²) < 4.78 is 104. The van der Waals surface area contributed by atoms with Crippen molar-refractivity contribution in [3.8, 4) is 39.1 Å². The molecule has 3 atom stereocenters. The number of fused-ring (bicyclic) bond motifs is 3. The van der Waals surface area contributed by atoms with Crippen molar-refractivity contribution in [1.29, 1.82) is 0 Å². The molecule has 0 radical (unpaired) electrons. The van der Waals surface area contributed by atoms with E-state index in [0.29, 0.717) is 93.5 Å². The molecule has 22 nitrogen and oxygen atoms in total. The zero-order valence-corrected chi connectivity index (χ0v) is 61.7. The molecule has 6 heterocycles. The number of nitrogen functional groups attached to an aromatic ring is 3. The number of ether oxygens (including phenoxy) is 1. The number of aromatic nitrogens is 9. The van der Waals surface area contributed by atoms with Crippen LogP contribution in [0.4, 0.5) is 47.7 Å². The van der Waals surface area contributed by atoms with Crippen LogP contribution in [0.5, 0.6) is 5.75 Å². The number of anilines is 6. The Morgan fingerprint density at radius 3 is 1.16 bits per heavy atom. The first kappa shape index (κ1) is 77.7. The Bertz CT molecular complexity index is 5250. The summed E-state index contributed by atoms with van der Waals surface area (Å²) in [4.78, 5) is 27.0. The Balaban J connectivity index is 0.000000165. The number of nitrogens with zero attached hydrogens (tertiary/aromatic N) is 9. The quantitative estimate of drug-likeness (QED) is 0.0524. The monoisotopic (exact) mass is 1550 g/mol. The molecule has 15 N–H and O–H groups in total. The highest BCUT2D eigenvalue weighted by molar-refractivity contribution is 7.87. The van der Waals surface area contributed by atoms with Crippen molar-refractivity contribution >= 4 is 147 Å². The topological polar surface area (TPSA) is 361 Å². The van der Waals surface area contributed by atoms with E-state index in [1.807, 2.05) is 31.6 Å². The summed E-state index contributed by atoms with van der Waals surface area (Å²) in [6, 6.07) is 28.3. The van der Waals surface area contributed by atoms with Crippen LogP contribution >= 0.6 is 46.4 Å². The van der Waals surface area contributed by atoms with E-state index in [0.717, 1.165) is 88.7 Å². The molecule has 104 heavy (non-hydrogen) atoms. The molecule has 3 unspecified atom stereocenters. The largest absolute Gasteiger partial charge is 0.495 e. The van der Waals surface area contributed by atoms with E-state index in [-0.39, 0.29) is 43.5 Å². The van der Waals surface area contributed by atoms with E-state index >= 15 is 13.2 Å². The third-order valence-electron chi connectivity index (χ3n) is 18.5. The summed E-state index contributed by atoms with van der Waals surface area (Å²) in [6.07, 6.45) is 23.9. The number of hydrogen-bond acceptors (Lipinski definition) is 13. The average molecular weight is 1560 g/mol. The number of hydrogen-bond donors (Lipinski definition) is 6. The second-order valence-electron chi connectivity index (χ2n) is 25.0. The van der Waals surface area contributed by atoms with Crippen LogP contribution in [0.2, 0.25) is 20.1 Å². The molecule has 0 spiro atoms. The molecule has 15 rings (SSSR count). The van der Waals surface area contributed by atoms with E-state index in [4.69, 9.17) is 68.3 Å². The van der Waals surface area contributed by atoms with Gasteiger partial charge in [-0.15, -0.1) is 0 Å². The number of benzene rings is 6. The maximum Gasteiger partial charge on any atom is 0.154 e. The van der Waals surface area contributed by atoms with Crippen molar-refractivity contribution in [2.45, 2.75) is 124 Å². The third-order valence-corrected chi connectivity index (χ3v) is 23.5. The molecule has 6 aromatic carbocycles. The van der Waals surface area contributed by atoms with Gasteiger partial charge in [0.25, 0.3) is 0 Å². The maximum absolute atomic E-state index is 15.2. The molecular formula is C72H74Cl4F3N15O7S3. The molecule has 32 heteroatoms. The van der Waals surface area contributed by atoms with Crippen molar-refractivity contribution in [1.82, 2.24) is 43.6 Å². The number of nitrogens with one attached hydrogen (secondary N) is 3. The molecule has 6 aromatic heterocycles. The van der Waals surface area contributed by atoms with Gasteiger partial charge in [0, 0.05) is 63.5 Å². The standard InChI is InChI=1S/C25H26FN5O2S.C24H22Cl2FN5OS.C23H20Cl2FN5OS.3H2O/c1-15-7-10-22(21(11-15)33-2)34(32)30-20-9-8-16(12-19(20)26)18-13-31(17-5-3-4-6-17)25-23(18)24(27)28-14-29-25;1-13-8-21(18(26)10-17(13)25)34(33)31-20-7-6-14(9-19(20)27)16-11-32(15-4-2-3-5-15)24-22(16)23(28)29-12-30-24;24-14-6-8-20(17(25)10-14)33(32)30-19-7-5-13(9-18(19)26)16-11-31(15-3-1-2-4-15)23-21(16)22(27)28-12-29-23;;;/h7-14,17,30H,3-6H2,1-2H3,(H2,27,28,29);6-12,15,31H,2-5H2,1H3,(H2,28,29,30);5-12,15,30H,1-4H2,(H2,27,28,29);3*1H2. The predicted octanol–water partition coefficient (Wildman–Crippen LogP) is 16.0. The Morgan fingerprint density at radius 1 is 0.442 bits per heavy atom. The summed E-state index contributed by atoms with van der Waals surface area (Å²) in [5, 5.41) is 3.52. The molecule has 0 saturated heterocycles. The number of aryl methyl sites for hydroxylation is 2. The normalized spacial score (nSPS) is 14.7. The molecule has 3 fully saturated rings. The summed E-state index contributed by atoms with van der Waals surface area (Å²) in [7, 11) is -3.72. The Labute approximate surface area is 624 Å². The lowest BCUT2D eigenvalue weighted by Gasteiger charge is -2.12. The predicted molar refractivity (Wildman–Crippen MR) is 411 cm³/mol. The average Bonchev–Trinajstić information content (AvgIpc) is 1.60. The van der Waals surface area contributed by atoms with E-state index < -0.39 is 50.4 Å². The minimum Gasteiger partial charge on any atom is -0.495 e. The fourth-order valence-electron chi connectivity index (χ4n) is 13.5. The first-order valence-corrected chi connectivity index (χ1v) is 37.5. The summed E-state index contributed by atoms with van der Waals surface area (Å²) in [6.45, 7) is 3.70. The molecule has 546 valence electrons. The van der Waals surface area contributed by atoms with Crippen molar-refractivity contribution in [2.75, 3.05) is 38.5 Å². The van der Waals surface area contributed by atoms with E-state index in [2.05, 4.69) is 57.8 Å². The number of nitrogens with two attached hydrogens (primary N) is 3. The van der Waals surface area contributed by atoms with E-state index in [9.17, 15) is 12.6 Å². The fraction of sp³-hybridized carbons (Fsp3) is 0.250. The van der Waals surface area contributed by atoms with Gasteiger partial charge in [0.05, 0.1) is 60.2 Å². The van der Waals surface area contributed by atoms with Gasteiger partial charge in [-0.2, -0.15) is 0 Å². The SMILES string of the molecule is COc1cc(C)ccc1S(=O)Nc1ccc(-c2cn(C3CCCC3)c3ncnc(N)c23)cc1F.Cc1cc(S(=O)Nc2ccc(-c3cn(C4CCCC4)c4ncnc(N)c34)cc2F)c(Cl)cc1Cl.Nc1ncnc2c1c(-c1ccc(NS(=O)c3ccc(Cl)cc3Cl)c(F)c1)cn2C1CCCC1.O.O.O. The Morgan fingerprint density at radius 2 is 0.798 bits per heavy atom. The van der Waals surface area contributed by atoms with E-state index in [1.165, 1.54) is 94.9 Å². The minimum atomic E-state index is -1.77. The van der Waals surface area contributed by atoms with Crippen LogP contribution in [0.3, 0.4) is 0 Å². The first-order chi connectivity index (χ1) is 48.7.